The molecule has 4 aromatic rings. The highest BCUT2D eigenvalue weighted by Gasteiger charge is 2.61. The van der Waals surface area contributed by atoms with Gasteiger partial charge in [0.25, 0.3) is 27.7 Å². The molecular formula is C47H55ClN4O9S. The van der Waals surface area contributed by atoms with E-state index in [-0.39, 0.29) is 26.9 Å². The van der Waals surface area contributed by atoms with E-state index in [0.29, 0.717) is 21.4 Å². The van der Waals surface area contributed by atoms with E-state index >= 15 is 0 Å². The number of hydrogen-bond donors (Lipinski definition) is 2. The number of para-hydroxylation sites is 1. The Kier molecular flexibility index (Phi) is 15.9. The number of rotatable bonds is 21. The lowest BCUT2D eigenvalue weighted by atomic mass is 9.99. The molecule has 5 amide bonds. The number of ketones is 1. The summed E-state index contributed by atoms with van der Waals surface area (Å²) in [4.78, 5) is 71.1. The van der Waals surface area contributed by atoms with Gasteiger partial charge in [-0.05, 0) is 112 Å². The van der Waals surface area contributed by atoms with E-state index in [2.05, 4.69) is 24.5 Å². The Bertz CT molecular complexity index is 2340. The van der Waals surface area contributed by atoms with Gasteiger partial charge in [0.2, 0.25) is 0 Å². The number of hydrogen-bond acceptors (Lipinski definition) is 9. The zero-order valence-corrected chi connectivity index (χ0v) is 37.6. The normalized spacial score (nSPS) is 14.6. The molecule has 0 aromatic heterocycles. The third-order valence-electron chi connectivity index (χ3n) is 10.7. The quantitative estimate of drug-likeness (QED) is 0.0359. The SMILES string of the molecule is CCCCCc1cccc(CCCCC)c1OC(CC)C(=O)Nc1ccc(Cl)c(NC(=O)C(C(=O)c2ccc(OC)cc2)N2C(=O)N(S(=O)(=O)c3ccccc3)C(C)(C)C2=O)c1. The Morgan fingerprint density at radius 2 is 1.39 bits per heavy atom. The van der Waals surface area contributed by atoms with Gasteiger partial charge in [0.15, 0.2) is 17.9 Å². The summed E-state index contributed by atoms with van der Waals surface area (Å²) < 4.78 is 39.9. The standard InChI is InChI=1S/C47H55ClN4O9S/c1-7-10-13-18-32-20-17-21-33(19-14-11-8-2)42(32)61-39(9-3)43(54)49-34-26-29-37(48)38(30-34)50-44(55)40(41(53)31-24-27-35(60-6)28-25-31)51-45(56)47(4,5)52(46(51)57)62(58,59)36-22-15-12-16-23-36/h12,15-17,20-30,39-40H,7-11,13-14,18-19H2,1-6H3,(H,49,54)(H,50,55). The van der Waals surface area contributed by atoms with E-state index in [1.165, 1.54) is 87.7 Å². The predicted molar refractivity (Wildman–Crippen MR) is 239 cm³/mol. The van der Waals surface area contributed by atoms with Crippen LogP contribution >= 0.6 is 11.6 Å². The molecule has 0 spiro atoms. The molecule has 13 nitrogen and oxygen atoms in total. The van der Waals surface area contributed by atoms with Gasteiger partial charge in [-0.25, -0.2) is 22.4 Å². The number of imide groups is 1. The first-order chi connectivity index (χ1) is 29.6. The summed E-state index contributed by atoms with van der Waals surface area (Å²) in [5.41, 5.74) is 0.135. The molecule has 4 aromatic carbocycles. The van der Waals surface area contributed by atoms with Gasteiger partial charge in [-0.1, -0.05) is 94.5 Å². The number of carbonyl (C=O) groups excluding carboxylic acids is 5. The topological polar surface area (TPSA) is 168 Å². The molecule has 0 saturated carbocycles. The number of anilines is 2. The van der Waals surface area contributed by atoms with Gasteiger partial charge in [-0.2, -0.15) is 0 Å². The van der Waals surface area contributed by atoms with Crippen LogP contribution in [-0.4, -0.2) is 72.0 Å². The maximum atomic E-state index is 14.4. The predicted octanol–water partition coefficient (Wildman–Crippen LogP) is 9.23. The Morgan fingerprint density at radius 1 is 0.774 bits per heavy atom. The number of unbranched alkanes of at least 4 members (excludes halogenated alkanes) is 4. The Balaban J connectivity index is 1.45. The van der Waals surface area contributed by atoms with Crippen LogP contribution in [0, 0.1) is 0 Å². The largest absolute Gasteiger partial charge is 0.497 e. The molecule has 2 unspecified atom stereocenters. The molecule has 2 atom stereocenters. The van der Waals surface area contributed by atoms with Crippen LogP contribution in [-0.2, 0) is 37.2 Å². The van der Waals surface area contributed by atoms with Gasteiger partial charge in [-0.3, -0.25) is 19.2 Å². The Hall–Kier alpha value is -5.73. The lowest BCUT2D eigenvalue weighted by molar-refractivity contribution is -0.135. The van der Waals surface area contributed by atoms with Crippen molar-refractivity contribution in [1.82, 2.24) is 9.21 Å². The van der Waals surface area contributed by atoms with Crippen molar-refractivity contribution < 1.29 is 41.9 Å². The molecule has 1 aliphatic rings. The van der Waals surface area contributed by atoms with E-state index in [9.17, 15) is 32.4 Å². The van der Waals surface area contributed by atoms with Crippen molar-refractivity contribution in [2.45, 2.75) is 115 Å². The molecule has 62 heavy (non-hydrogen) atoms. The molecular weight excluding hydrogens is 832 g/mol. The van der Waals surface area contributed by atoms with Crippen LogP contribution in [0.25, 0.3) is 0 Å². The number of benzene rings is 4. The van der Waals surface area contributed by atoms with E-state index in [1.54, 1.807) is 6.07 Å². The minimum absolute atomic E-state index is 0.000649. The molecule has 1 heterocycles. The Labute approximate surface area is 369 Å². The van der Waals surface area contributed by atoms with Gasteiger partial charge in [0.1, 0.15) is 17.0 Å². The number of halogens is 1. The van der Waals surface area contributed by atoms with Crippen molar-refractivity contribution in [3.63, 3.8) is 0 Å². The minimum Gasteiger partial charge on any atom is -0.497 e. The first-order valence-corrected chi connectivity index (χ1v) is 22.8. The van der Waals surface area contributed by atoms with E-state index < -0.39 is 57.2 Å². The monoisotopic (exact) mass is 886 g/mol. The lowest BCUT2D eigenvalue weighted by Crippen LogP contribution is -2.53. The van der Waals surface area contributed by atoms with Crippen LogP contribution in [0.3, 0.4) is 0 Å². The summed E-state index contributed by atoms with van der Waals surface area (Å²) >= 11 is 6.57. The fourth-order valence-corrected chi connectivity index (χ4v) is 9.15. The number of aryl methyl sites for hydroxylation is 2. The summed E-state index contributed by atoms with van der Waals surface area (Å²) in [7, 11) is -3.23. The number of Topliss-reactive ketones (excluding diaryl/α,β-unsaturated/α-hetero) is 1. The second-order valence-electron chi connectivity index (χ2n) is 15.6. The molecule has 1 fully saturated rings. The van der Waals surface area contributed by atoms with Gasteiger partial charge < -0.3 is 20.1 Å². The van der Waals surface area contributed by atoms with Crippen LogP contribution in [0.5, 0.6) is 11.5 Å². The fourth-order valence-electron chi connectivity index (χ4n) is 7.30. The first-order valence-electron chi connectivity index (χ1n) is 21.0. The van der Waals surface area contributed by atoms with Crippen LogP contribution < -0.4 is 20.1 Å². The molecule has 330 valence electrons. The van der Waals surface area contributed by atoms with Crippen LogP contribution in [0.4, 0.5) is 16.2 Å². The minimum atomic E-state index is -4.66. The molecule has 2 N–H and O–H groups in total. The zero-order chi connectivity index (χ0) is 45.2. The van der Waals surface area contributed by atoms with Crippen molar-refractivity contribution in [2.24, 2.45) is 0 Å². The number of carbonyl (C=O) groups is 5. The van der Waals surface area contributed by atoms with Gasteiger partial charge in [0.05, 0.1) is 22.7 Å². The number of ether oxygens (including phenoxy) is 2. The van der Waals surface area contributed by atoms with Crippen LogP contribution in [0.1, 0.15) is 101 Å². The average molecular weight is 887 g/mol. The molecule has 5 rings (SSSR count). The summed E-state index contributed by atoms with van der Waals surface area (Å²) in [5, 5.41) is 5.42. The maximum absolute atomic E-state index is 14.4. The molecule has 0 bridgehead atoms. The third kappa shape index (κ3) is 10.5. The maximum Gasteiger partial charge on any atom is 0.342 e. The highest BCUT2D eigenvalue weighted by atomic mass is 35.5. The summed E-state index contributed by atoms with van der Waals surface area (Å²) in [5.74, 6) is -2.60. The smallest absolute Gasteiger partial charge is 0.342 e. The molecule has 1 saturated heterocycles. The van der Waals surface area contributed by atoms with Crippen molar-refractivity contribution in [3.05, 3.63) is 113 Å². The second kappa shape index (κ2) is 20.9. The van der Waals surface area contributed by atoms with Gasteiger partial charge >= 0.3 is 6.03 Å². The second-order valence-corrected chi connectivity index (χ2v) is 17.8. The molecule has 0 aliphatic carbocycles. The molecule has 0 radical (unpaired) electrons. The third-order valence-corrected chi connectivity index (χ3v) is 13.0. The first kappa shape index (κ1) is 47.3. The number of nitrogens with one attached hydrogen (secondary N) is 2. The molecule has 15 heteroatoms. The van der Waals surface area contributed by atoms with Crippen molar-refractivity contribution >= 4 is 62.5 Å². The van der Waals surface area contributed by atoms with Crippen molar-refractivity contribution in [1.29, 1.82) is 0 Å². The number of nitrogens with zero attached hydrogens (tertiary/aromatic N) is 2. The number of sulfonamides is 1. The van der Waals surface area contributed by atoms with Crippen molar-refractivity contribution in [3.8, 4) is 11.5 Å². The highest BCUT2D eigenvalue weighted by Crippen LogP contribution is 2.37. The van der Waals surface area contributed by atoms with Gasteiger partial charge in [-0.15, -0.1) is 0 Å². The lowest BCUT2D eigenvalue weighted by Gasteiger charge is -2.26. The number of amides is 5. The van der Waals surface area contributed by atoms with Gasteiger partial charge in [0, 0.05) is 11.3 Å². The summed E-state index contributed by atoms with van der Waals surface area (Å²) in [6, 6.07) is 19.5. The van der Waals surface area contributed by atoms with E-state index in [0.717, 1.165) is 68.2 Å². The van der Waals surface area contributed by atoms with E-state index in [4.69, 9.17) is 21.1 Å². The van der Waals surface area contributed by atoms with Crippen LogP contribution in [0.15, 0.2) is 95.9 Å². The van der Waals surface area contributed by atoms with E-state index in [1.807, 2.05) is 25.1 Å². The number of methoxy groups -OCH3 is 1. The van der Waals surface area contributed by atoms with Crippen molar-refractivity contribution in [2.75, 3.05) is 17.7 Å². The average Bonchev–Trinajstić information content (AvgIpc) is 3.44. The fraction of sp³-hybridized carbons (Fsp3) is 0.383. The molecule has 1 aliphatic heterocycles. The summed E-state index contributed by atoms with van der Waals surface area (Å²) in [6.07, 6.45) is 7.36. The highest BCUT2D eigenvalue weighted by molar-refractivity contribution is 7.89. The Morgan fingerprint density at radius 3 is 1.95 bits per heavy atom. The van der Waals surface area contributed by atoms with Crippen LogP contribution in [0.2, 0.25) is 5.02 Å². The summed E-state index contributed by atoms with van der Waals surface area (Å²) in [6.45, 7) is 8.58. The zero-order valence-electron chi connectivity index (χ0n) is 36.0. The number of urea groups is 1.